The average Bonchev–Trinajstić information content (AvgIpc) is 2.92. The maximum atomic E-state index is 13.4. The summed E-state index contributed by atoms with van der Waals surface area (Å²) in [5, 5.41) is 5.52. The van der Waals surface area contributed by atoms with E-state index in [1.807, 2.05) is 12.1 Å². The van der Waals surface area contributed by atoms with Crippen LogP contribution in [0, 0.1) is 0 Å². The van der Waals surface area contributed by atoms with Crippen molar-refractivity contribution in [3.8, 4) is 17.1 Å². The van der Waals surface area contributed by atoms with Gasteiger partial charge >= 0.3 is 6.18 Å². The van der Waals surface area contributed by atoms with Gasteiger partial charge in [-0.2, -0.15) is 22.9 Å². The summed E-state index contributed by atoms with van der Waals surface area (Å²) in [6.45, 7) is 0.197. The van der Waals surface area contributed by atoms with Gasteiger partial charge in [0, 0.05) is 10.6 Å². The van der Waals surface area contributed by atoms with Crippen LogP contribution in [-0.2, 0) is 12.8 Å². The minimum absolute atomic E-state index is 0.0637. The topological polar surface area (TPSA) is 56.5 Å². The SMILES string of the molecule is O=c1c2ccccc2nc(-c2cccc(C(F)(F)F)c2)n1N=Cc1cc(Cl)c(OCc2ccc(Cl)cc2)c(Cl)c1. The molecule has 0 atom stereocenters. The maximum absolute atomic E-state index is 13.4. The van der Waals surface area contributed by atoms with E-state index in [-0.39, 0.29) is 39.2 Å². The lowest BCUT2D eigenvalue weighted by Crippen LogP contribution is -2.20. The van der Waals surface area contributed by atoms with E-state index < -0.39 is 17.3 Å². The number of hydrogen-bond acceptors (Lipinski definition) is 4. The van der Waals surface area contributed by atoms with Gasteiger partial charge in [0.05, 0.1) is 32.7 Å². The van der Waals surface area contributed by atoms with Crippen LogP contribution < -0.4 is 10.3 Å². The highest BCUT2D eigenvalue weighted by molar-refractivity contribution is 6.37. The van der Waals surface area contributed by atoms with Crippen LogP contribution in [0.3, 0.4) is 0 Å². The van der Waals surface area contributed by atoms with Gasteiger partial charge in [-0.15, -0.1) is 0 Å². The van der Waals surface area contributed by atoms with E-state index in [0.717, 1.165) is 22.4 Å². The predicted molar refractivity (Wildman–Crippen MR) is 152 cm³/mol. The molecule has 0 bridgehead atoms. The first-order valence-electron chi connectivity index (χ1n) is 11.7. The average molecular weight is 603 g/mol. The second kappa shape index (κ2) is 11.3. The second-order valence-electron chi connectivity index (χ2n) is 8.62. The molecule has 0 aliphatic carbocycles. The minimum Gasteiger partial charge on any atom is -0.486 e. The smallest absolute Gasteiger partial charge is 0.416 e. The van der Waals surface area contributed by atoms with Crippen LogP contribution in [0.4, 0.5) is 13.2 Å². The molecule has 0 aliphatic heterocycles. The number of alkyl halides is 3. The molecule has 0 spiro atoms. The molecule has 0 N–H and O–H groups in total. The fourth-order valence-electron chi connectivity index (χ4n) is 3.90. The number of nitrogens with zero attached hydrogens (tertiary/aromatic N) is 3. The van der Waals surface area contributed by atoms with Gasteiger partial charge in [0.1, 0.15) is 6.61 Å². The van der Waals surface area contributed by atoms with Gasteiger partial charge in [-0.05, 0) is 59.7 Å². The molecular formula is C29H17Cl3F3N3O2. The molecule has 5 nitrogen and oxygen atoms in total. The Morgan fingerprint density at radius 2 is 1.60 bits per heavy atom. The first kappa shape index (κ1) is 27.7. The highest BCUT2D eigenvalue weighted by atomic mass is 35.5. The fraction of sp³-hybridized carbons (Fsp3) is 0.0690. The van der Waals surface area contributed by atoms with E-state index >= 15 is 0 Å². The summed E-state index contributed by atoms with van der Waals surface area (Å²) in [4.78, 5) is 17.8. The lowest BCUT2D eigenvalue weighted by atomic mass is 10.1. The van der Waals surface area contributed by atoms with Crippen LogP contribution >= 0.6 is 34.8 Å². The molecule has 1 heterocycles. The molecule has 0 fully saturated rings. The zero-order valence-electron chi connectivity index (χ0n) is 20.3. The molecule has 0 aliphatic rings. The zero-order chi connectivity index (χ0) is 28.4. The third-order valence-electron chi connectivity index (χ3n) is 5.84. The van der Waals surface area contributed by atoms with E-state index in [9.17, 15) is 18.0 Å². The molecule has 0 saturated carbocycles. The standard InChI is InChI=1S/C29H17Cl3F3N3O2/c30-21-10-8-17(9-11-21)16-40-26-23(31)12-18(13-24(26)32)15-36-38-27(19-4-3-5-20(14-19)29(33,34)35)37-25-7-2-1-6-22(25)28(38)39/h1-15H,16H2. The molecule has 5 rings (SSSR count). The predicted octanol–water partition coefficient (Wildman–Crippen LogP) is 8.50. The van der Waals surface area contributed by atoms with Crippen molar-refractivity contribution in [2.24, 2.45) is 5.10 Å². The van der Waals surface area contributed by atoms with E-state index in [2.05, 4.69) is 10.1 Å². The highest BCUT2D eigenvalue weighted by Gasteiger charge is 2.31. The Hall–Kier alpha value is -3.85. The molecule has 11 heteroatoms. The van der Waals surface area contributed by atoms with Crippen LogP contribution in [-0.4, -0.2) is 15.9 Å². The first-order chi connectivity index (χ1) is 19.1. The van der Waals surface area contributed by atoms with Gasteiger partial charge < -0.3 is 4.74 Å². The molecule has 40 heavy (non-hydrogen) atoms. The summed E-state index contributed by atoms with van der Waals surface area (Å²) in [7, 11) is 0. The van der Waals surface area contributed by atoms with E-state index in [1.54, 1.807) is 36.4 Å². The molecule has 5 aromatic rings. The Bertz CT molecular complexity index is 1780. The minimum atomic E-state index is -4.58. The number of aromatic nitrogens is 2. The fourth-order valence-corrected chi connectivity index (χ4v) is 4.64. The monoisotopic (exact) mass is 601 g/mol. The van der Waals surface area contributed by atoms with Crippen molar-refractivity contribution in [1.82, 2.24) is 9.66 Å². The third-order valence-corrected chi connectivity index (χ3v) is 6.65. The number of rotatable bonds is 6. The summed E-state index contributed by atoms with van der Waals surface area (Å²) in [5.74, 6) is 0.191. The Labute approximate surface area is 241 Å². The molecule has 0 saturated heterocycles. The molecular weight excluding hydrogens is 586 g/mol. The van der Waals surface area contributed by atoms with Crippen molar-refractivity contribution in [3.63, 3.8) is 0 Å². The number of para-hydroxylation sites is 1. The van der Waals surface area contributed by atoms with Gasteiger partial charge in [-0.3, -0.25) is 4.79 Å². The van der Waals surface area contributed by atoms with Gasteiger partial charge in [0.2, 0.25) is 0 Å². The van der Waals surface area contributed by atoms with Crippen LogP contribution in [0.2, 0.25) is 15.1 Å². The number of fused-ring (bicyclic) bond motifs is 1. The van der Waals surface area contributed by atoms with E-state index in [0.29, 0.717) is 16.1 Å². The van der Waals surface area contributed by atoms with Crippen LogP contribution in [0.5, 0.6) is 5.75 Å². The molecule has 4 aromatic carbocycles. The van der Waals surface area contributed by atoms with Gasteiger partial charge in [-0.25, -0.2) is 4.98 Å². The molecule has 0 amide bonds. The Balaban J connectivity index is 1.52. The maximum Gasteiger partial charge on any atom is 0.416 e. The van der Waals surface area contributed by atoms with Crippen LogP contribution in [0.1, 0.15) is 16.7 Å². The number of hydrogen-bond donors (Lipinski definition) is 0. The molecule has 202 valence electrons. The molecule has 1 aromatic heterocycles. The van der Waals surface area contributed by atoms with E-state index in [4.69, 9.17) is 39.5 Å². The molecule has 0 unspecified atom stereocenters. The number of halogens is 6. The number of benzene rings is 4. The highest BCUT2D eigenvalue weighted by Crippen LogP contribution is 2.35. The zero-order valence-corrected chi connectivity index (χ0v) is 22.6. The van der Waals surface area contributed by atoms with Crippen molar-refractivity contribution < 1.29 is 17.9 Å². The summed E-state index contributed by atoms with van der Waals surface area (Å²) >= 11 is 18.8. The normalized spacial score (nSPS) is 11.8. The summed E-state index contributed by atoms with van der Waals surface area (Å²) < 4.78 is 46.9. The lowest BCUT2D eigenvalue weighted by molar-refractivity contribution is -0.137. The first-order valence-corrected chi connectivity index (χ1v) is 12.8. The van der Waals surface area contributed by atoms with Crippen molar-refractivity contribution >= 4 is 51.9 Å². The molecule has 0 radical (unpaired) electrons. The lowest BCUT2D eigenvalue weighted by Gasteiger charge is -2.12. The van der Waals surface area contributed by atoms with E-state index in [1.165, 1.54) is 30.5 Å². The third kappa shape index (κ3) is 5.99. The van der Waals surface area contributed by atoms with Gasteiger partial charge in [0.25, 0.3) is 5.56 Å². The summed E-state index contributed by atoms with van der Waals surface area (Å²) in [6.07, 6.45) is -3.26. The van der Waals surface area contributed by atoms with Crippen LogP contribution in [0.15, 0.2) is 94.8 Å². The Kier molecular flexibility index (Phi) is 7.85. The largest absolute Gasteiger partial charge is 0.486 e. The number of ether oxygens (including phenoxy) is 1. The van der Waals surface area contributed by atoms with Crippen molar-refractivity contribution in [3.05, 3.63) is 127 Å². The summed E-state index contributed by atoms with van der Waals surface area (Å²) in [5.41, 5.74) is 0.220. The van der Waals surface area contributed by atoms with Crippen molar-refractivity contribution in [2.45, 2.75) is 12.8 Å². The van der Waals surface area contributed by atoms with Crippen LogP contribution in [0.25, 0.3) is 22.3 Å². The van der Waals surface area contributed by atoms with Crippen molar-refractivity contribution in [1.29, 1.82) is 0 Å². The Morgan fingerprint density at radius 1 is 0.900 bits per heavy atom. The Morgan fingerprint density at radius 3 is 2.30 bits per heavy atom. The quantitative estimate of drug-likeness (QED) is 0.183. The van der Waals surface area contributed by atoms with Crippen molar-refractivity contribution in [2.75, 3.05) is 0 Å². The van der Waals surface area contributed by atoms with Gasteiger partial charge in [-0.1, -0.05) is 71.2 Å². The summed E-state index contributed by atoms with van der Waals surface area (Å²) in [6, 6.07) is 21.2. The van der Waals surface area contributed by atoms with Gasteiger partial charge in [0.15, 0.2) is 11.6 Å². The second-order valence-corrected chi connectivity index (χ2v) is 9.87.